The van der Waals surface area contributed by atoms with Crippen LogP contribution in [0.4, 0.5) is 5.69 Å². The molecule has 0 spiro atoms. The zero-order valence-corrected chi connectivity index (χ0v) is 13.8. The maximum atomic E-state index is 12.0. The molecule has 0 aliphatic rings. The molecule has 128 valence electrons. The molecule has 0 unspecified atom stereocenters. The average Bonchev–Trinajstić information content (AvgIpc) is 2.62. The number of anilines is 1. The highest BCUT2D eigenvalue weighted by Crippen LogP contribution is 2.17. The topological polar surface area (TPSA) is 90.4 Å². The van der Waals surface area contributed by atoms with Crippen molar-refractivity contribution in [2.24, 2.45) is 11.5 Å². The monoisotopic (exact) mass is 327 g/mol. The van der Waals surface area contributed by atoms with Crippen molar-refractivity contribution in [3.8, 4) is 5.75 Å². The molecule has 5 N–H and O–H groups in total. The van der Waals surface area contributed by atoms with E-state index in [9.17, 15) is 4.79 Å². The van der Waals surface area contributed by atoms with Gasteiger partial charge in [0.25, 0.3) is 0 Å². The Balaban J connectivity index is 1.80. The van der Waals surface area contributed by atoms with Crippen LogP contribution in [0.3, 0.4) is 0 Å². The van der Waals surface area contributed by atoms with Gasteiger partial charge in [0.1, 0.15) is 12.4 Å². The van der Waals surface area contributed by atoms with Crippen molar-refractivity contribution < 1.29 is 9.53 Å². The van der Waals surface area contributed by atoms with Crippen molar-refractivity contribution in [3.63, 3.8) is 0 Å². The number of rotatable bonds is 9. The van der Waals surface area contributed by atoms with Gasteiger partial charge in [-0.15, -0.1) is 0 Å². The van der Waals surface area contributed by atoms with Crippen molar-refractivity contribution in [2.45, 2.75) is 31.9 Å². The first-order chi connectivity index (χ1) is 11.7. The molecular formula is C19H25N3O2. The first-order valence-electron chi connectivity index (χ1n) is 8.22. The van der Waals surface area contributed by atoms with Gasteiger partial charge in [-0.3, -0.25) is 4.79 Å². The molecule has 0 bridgehead atoms. The standard InChI is InChI=1S/C19H25N3O2/c20-13-5-4-8-18(21)19(23)22-16-9-11-17(12-10-16)24-14-15-6-2-1-3-7-15/h1-3,6-7,9-12,18H,4-5,8,13-14,20-21H2,(H,22,23)/t18-/m0/s1. The minimum Gasteiger partial charge on any atom is -0.489 e. The zero-order chi connectivity index (χ0) is 17.2. The van der Waals surface area contributed by atoms with Crippen LogP contribution in [0.1, 0.15) is 24.8 Å². The number of ether oxygens (including phenoxy) is 1. The predicted molar refractivity (Wildman–Crippen MR) is 96.7 cm³/mol. The van der Waals surface area contributed by atoms with Crippen molar-refractivity contribution in [3.05, 3.63) is 60.2 Å². The summed E-state index contributed by atoms with van der Waals surface area (Å²) in [5.74, 6) is 0.578. The van der Waals surface area contributed by atoms with Gasteiger partial charge in [-0.1, -0.05) is 36.8 Å². The van der Waals surface area contributed by atoms with Crippen LogP contribution in [0.15, 0.2) is 54.6 Å². The highest BCUT2D eigenvalue weighted by Gasteiger charge is 2.12. The number of carbonyl (C=O) groups excluding carboxylic acids is 1. The summed E-state index contributed by atoms with van der Waals surface area (Å²) in [5.41, 5.74) is 13.1. The van der Waals surface area contributed by atoms with E-state index < -0.39 is 6.04 Å². The number of unbranched alkanes of at least 4 members (excludes halogenated alkanes) is 1. The maximum absolute atomic E-state index is 12.0. The minimum atomic E-state index is -0.509. The molecule has 0 saturated heterocycles. The molecule has 0 radical (unpaired) electrons. The number of amides is 1. The Hall–Kier alpha value is -2.37. The van der Waals surface area contributed by atoms with E-state index in [1.54, 1.807) is 0 Å². The van der Waals surface area contributed by atoms with Crippen molar-refractivity contribution in [1.82, 2.24) is 0 Å². The highest BCUT2D eigenvalue weighted by molar-refractivity contribution is 5.94. The second kappa shape index (κ2) is 9.70. The van der Waals surface area contributed by atoms with E-state index in [1.165, 1.54) is 0 Å². The van der Waals surface area contributed by atoms with Gasteiger partial charge in [0.2, 0.25) is 5.91 Å². The fraction of sp³-hybridized carbons (Fsp3) is 0.316. The molecule has 2 aromatic carbocycles. The van der Waals surface area contributed by atoms with Gasteiger partial charge in [-0.2, -0.15) is 0 Å². The summed E-state index contributed by atoms with van der Waals surface area (Å²) < 4.78 is 5.72. The third kappa shape index (κ3) is 6.02. The van der Waals surface area contributed by atoms with E-state index in [0.29, 0.717) is 25.3 Å². The molecule has 0 aliphatic carbocycles. The first-order valence-corrected chi connectivity index (χ1v) is 8.22. The van der Waals surface area contributed by atoms with Gasteiger partial charge in [-0.05, 0) is 49.2 Å². The lowest BCUT2D eigenvalue weighted by molar-refractivity contribution is -0.117. The van der Waals surface area contributed by atoms with E-state index >= 15 is 0 Å². The van der Waals surface area contributed by atoms with Crippen molar-refractivity contribution >= 4 is 11.6 Å². The van der Waals surface area contributed by atoms with E-state index in [1.807, 2.05) is 54.6 Å². The zero-order valence-electron chi connectivity index (χ0n) is 13.8. The summed E-state index contributed by atoms with van der Waals surface area (Å²) >= 11 is 0. The van der Waals surface area contributed by atoms with Gasteiger partial charge in [0.05, 0.1) is 6.04 Å². The number of nitrogens with one attached hydrogen (secondary N) is 1. The van der Waals surface area contributed by atoms with Crippen LogP contribution in [0.2, 0.25) is 0 Å². The number of carbonyl (C=O) groups is 1. The van der Waals surface area contributed by atoms with E-state index in [0.717, 1.165) is 24.2 Å². The lowest BCUT2D eigenvalue weighted by atomic mass is 10.1. The smallest absolute Gasteiger partial charge is 0.241 e. The summed E-state index contributed by atoms with van der Waals surface area (Å²) in [6, 6.07) is 16.7. The number of hydrogen-bond acceptors (Lipinski definition) is 4. The molecule has 2 aromatic rings. The minimum absolute atomic E-state index is 0.176. The Bertz CT molecular complexity index is 614. The SMILES string of the molecule is NCCCC[C@H](N)C(=O)Nc1ccc(OCc2ccccc2)cc1. The van der Waals surface area contributed by atoms with Gasteiger partial charge >= 0.3 is 0 Å². The van der Waals surface area contributed by atoms with Crippen LogP contribution in [0.25, 0.3) is 0 Å². The summed E-state index contributed by atoms with van der Waals surface area (Å²) in [7, 11) is 0. The molecule has 1 amide bonds. The van der Waals surface area contributed by atoms with Crippen LogP contribution >= 0.6 is 0 Å². The van der Waals surface area contributed by atoms with Gasteiger partial charge in [0, 0.05) is 5.69 Å². The van der Waals surface area contributed by atoms with Crippen LogP contribution < -0.4 is 21.5 Å². The molecule has 2 rings (SSSR count). The third-order valence-electron chi connectivity index (χ3n) is 3.68. The van der Waals surface area contributed by atoms with Crippen molar-refractivity contribution in [1.29, 1.82) is 0 Å². The molecule has 0 heterocycles. The second-order valence-electron chi connectivity index (χ2n) is 5.68. The summed E-state index contributed by atoms with van der Waals surface area (Å²) in [5, 5.41) is 2.82. The second-order valence-corrected chi connectivity index (χ2v) is 5.68. The quantitative estimate of drug-likeness (QED) is 0.618. The molecule has 0 saturated carbocycles. The average molecular weight is 327 g/mol. The molecule has 24 heavy (non-hydrogen) atoms. The molecule has 0 aromatic heterocycles. The molecule has 5 nitrogen and oxygen atoms in total. The van der Waals surface area contributed by atoms with E-state index in [2.05, 4.69) is 5.32 Å². The third-order valence-corrected chi connectivity index (χ3v) is 3.68. The largest absolute Gasteiger partial charge is 0.489 e. The predicted octanol–water partition coefficient (Wildman–Crippen LogP) is 2.66. The Kier molecular flexibility index (Phi) is 7.26. The Morgan fingerprint density at radius 1 is 1.04 bits per heavy atom. The Morgan fingerprint density at radius 2 is 1.75 bits per heavy atom. The number of benzene rings is 2. The summed E-state index contributed by atoms with van der Waals surface area (Å²) in [6.07, 6.45) is 2.38. The Morgan fingerprint density at radius 3 is 2.42 bits per heavy atom. The first kappa shape index (κ1) is 18.0. The maximum Gasteiger partial charge on any atom is 0.241 e. The normalized spacial score (nSPS) is 11.8. The molecule has 0 fully saturated rings. The highest BCUT2D eigenvalue weighted by atomic mass is 16.5. The van der Waals surface area contributed by atoms with Gasteiger partial charge in [-0.25, -0.2) is 0 Å². The molecule has 0 aliphatic heterocycles. The van der Waals surface area contributed by atoms with Crippen LogP contribution in [-0.4, -0.2) is 18.5 Å². The van der Waals surface area contributed by atoms with Crippen molar-refractivity contribution in [2.75, 3.05) is 11.9 Å². The summed E-state index contributed by atoms with van der Waals surface area (Å²) in [4.78, 5) is 12.0. The van der Waals surface area contributed by atoms with E-state index in [-0.39, 0.29) is 5.91 Å². The van der Waals surface area contributed by atoms with Crippen LogP contribution in [-0.2, 0) is 11.4 Å². The Labute approximate surface area is 143 Å². The van der Waals surface area contributed by atoms with Crippen LogP contribution in [0.5, 0.6) is 5.75 Å². The molecule has 1 atom stereocenters. The van der Waals surface area contributed by atoms with E-state index in [4.69, 9.17) is 16.2 Å². The number of nitrogens with two attached hydrogens (primary N) is 2. The fourth-order valence-electron chi connectivity index (χ4n) is 2.25. The molecule has 5 heteroatoms. The molecular weight excluding hydrogens is 302 g/mol. The van der Waals surface area contributed by atoms with Gasteiger partial charge in [0.15, 0.2) is 0 Å². The summed E-state index contributed by atoms with van der Waals surface area (Å²) in [6.45, 7) is 1.14. The lowest BCUT2D eigenvalue weighted by Crippen LogP contribution is -2.35. The number of hydrogen-bond donors (Lipinski definition) is 3. The van der Waals surface area contributed by atoms with Crippen LogP contribution in [0, 0.1) is 0 Å². The fourth-order valence-corrected chi connectivity index (χ4v) is 2.25. The van der Waals surface area contributed by atoms with Gasteiger partial charge < -0.3 is 21.5 Å². The lowest BCUT2D eigenvalue weighted by Gasteiger charge is -2.12.